The molecule has 0 aromatic heterocycles. The molecule has 158 valence electrons. The molecule has 3 N–H and O–H groups in total. The minimum atomic E-state index is -0.833. The van der Waals surface area contributed by atoms with Crippen molar-refractivity contribution in [3.8, 4) is 0 Å². The normalized spacial score (nSPS) is 17.0. The van der Waals surface area contributed by atoms with Crippen LogP contribution in [0.1, 0.15) is 37.0 Å². The number of likely N-dealkylation sites (N-methyl/N-ethyl adjacent to an activating group) is 1. The Labute approximate surface area is 175 Å². The van der Waals surface area contributed by atoms with Gasteiger partial charge in [-0.15, -0.1) is 0 Å². The Morgan fingerprint density at radius 3 is 2.52 bits per heavy atom. The summed E-state index contributed by atoms with van der Waals surface area (Å²) in [6.07, 6.45) is 1.34. The molecule has 0 bridgehead atoms. The molecule has 0 aliphatic carbocycles. The Kier molecular flexibility index (Phi) is 8.01. The van der Waals surface area contributed by atoms with E-state index in [4.69, 9.17) is 11.6 Å². The monoisotopic (exact) mass is 422 g/mol. The van der Waals surface area contributed by atoms with Crippen molar-refractivity contribution < 1.29 is 19.2 Å². The molecular weight excluding hydrogens is 396 g/mol. The quantitative estimate of drug-likeness (QED) is 0.608. The first-order chi connectivity index (χ1) is 13.8. The van der Waals surface area contributed by atoms with Gasteiger partial charge in [-0.2, -0.15) is 0 Å². The first-order valence-corrected chi connectivity index (χ1v) is 9.98. The molecule has 2 unspecified atom stereocenters. The molecule has 4 amide bonds. The minimum absolute atomic E-state index is 0.207. The van der Waals surface area contributed by atoms with Gasteiger partial charge in [0.15, 0.2) is 0 Å². The molecule has 1 saturated heterocycles. The molecule has 2 rings (SSSR count). The number of hydrogen-bond donors (Lipinski definition) is 3. The molecule has 0 spiro atoms. The van der Waals surface area contributed by atoms with Crippen molar-refractivity contribution in [2.75, 3.05) is 20.1 Å². The van der Waals surface area contributed by atoms with Crippen LogP contribution >= 0.6 is 11.6 Å². The number of halogens is 1. The molecule has 29 heavy (non-hydrogen) atoms. The molecular formula is C20H27ClN4O4. The fraction of sp³-hybridized carbons (Fsp3) is 0.500. The van der Waals surface area contributed by atoms with Gasteiger partial charge in [-0.3, -0.25) is 19.2 Å². The molecule has 1 heterocycles. The second kappa shape index (κ2) is 10.2. The van der Waals surface area contributed by atoms with Crippen molar-refractivity contribution in [2.24, 2.45) is 5.92 Å². The zero-order chi connectivity index (χ0) is 21.6. The number of hydrogen-bond acceptors (Lipinski definition) is 4. The van der Waals surface area contributed by atoms with Crippen LogP contribution in [0.25, 0.3) is 0 Å². The summed E-state index contributed by atoms with van der Waals surface area (Å²) in [5, 5.41) is 8.10. The number of likely N-dealkylation sites (tertiary alicyclic amines) is 1. The summed E-state index contributed by atoms with van der Waals surface area (Å²) in [7, 11) is 1.53. The molecule has 1 fully saturated rings. The van der Waals surface area contributed by atoms with Crippen molar-refractivity contribution >= 4 is 35.2 Å². The summed E-state index contributed by atoms with van der Waals surface area (Å²) in [6, 6.07) is 5.22. The van der Waals surface area contributed by atoms with Crippen LogP contribution in [0.4, 0.5) is 0 Å². The molecule has 9 heteroatoms. The van der Waals surface area contributed by atoms with Gasteiger partial charge in [-0.1, -0.05) is 37.6 Å². The fourth-order valence-corrected chi connectivity index (χ4v) is 3.50. The molecule has 1 aromatic carbocycles. The SMILES string of the molecule is CNC(=O)C1CCCN1C(=O)CNC(=O)C(NC(=O)c1ccccc1Cl)C(C)C. The average Bonchev–Trinajstić information content (AvgIpc) is 3.19. The molecule has 8 nitrogen and oxygen atoms in total. The van der Waals surface area contributed by atoms with Crippen LogP contribution in [-0.2, 0) is 14.4 Å². The van der Waals surface area contributed by atoms with Crippen molar-refractivity contribution in [3.05, 3.63) is 34.9 Å². The lowest BCUT2D eigenvalue weighted by Crippen LogP contribution is -2.53. The van der Waals surface area contributed by atoms with E-state index in [-0.39, 0.29) is 34.9 Å². The smallest absolute Gasteiger partial charge is 0.253 e. The van der Waals surface area contributed by atoms with Crippen molar-refractivity contribution in [1.29, 1.82) is 0 Å². The van der Waals surface area contributed by atoms with E-state index in [1.165, 1.54) is 11.9 Å². The van der Waals surface area contributed by atoms with Gasteiger partial charge in [-0.25, -0.2) is 0 Å². The van der Waals surface area contributed by atoms with Gasteiger partial charge < -0.3 is 20.9 Å². The van der Waals surface area contributed by atoms with Crippen molar-refractivity contribution in [3.63, 3.8) is 0 Å². The summed E-state index contributed by atoms with van der Waals surface area (Å²) in [6.45, 7) is 3.82. The van der Waals surface area contributed by atoms with Gasteiger partial charge in [-0.05, 0) is 30.9 Å². The third-order valence-electron chi connectivity index (χ3n) is 4.89. The topological polar surface area (TPSA) is 108 Å². The van der Waals surface area contributed by atoms with E-state index in [2.05, 4.69) is 16.0 Å². The lowest BCUT2D eigenvalue weighted by molar-refractivity contribution is -0.138. The predicted octanol–water partition coefficient (Wildman–Crippen LogP) is 0.948. The van der Waals surface area contributed by atoms with Gasteiger partial charge in [0.1, 0.15) is 12.1 Å². The molecule has 0 radical (unpaired) electrons. The summed E-state index contributed by atoms with van der Waals surface area (Å²) in [5.41, 5.74) is 0.272. The summed E-state index contributed by atoms with van der Waals surface area (Å²) < 4.78 is 0. The maximum atomic E-state index is 12.6. The summed E-state index contributed by atoms with van der Waals surface area (Å²) in [4.78, 5) is 51.0. The summed E-state index contributed by atoms with van der Waals surface area (Å²) >= 11 is 6.04. The number of benzene rings is 1. The van der Waals surface area contributed by atoms with Crippen LogP contribution < -0.4 is 16.0 Å². The minimum Gasteiger partial charge on any atom is -0.357 e. The highest BCUT2D eigenvalue weighted by Gasteiger charge is 2.34. The van der Waals surface area contributed by atoms with E-state index in [9.17, 15) is 19.2 Å². The number of rotatable bonds is 7. The zero-order valence-electron chi connectivity index (χ0n) is 16.8. The van der Waals surface area contributed by atoms with E-state index in [1.807, 2.05) is 0 Å². The maximum Gasteiger partial charge on any atom is 0.253 e. The van der Waals surface area contributed by atoms with Crippen molar-refractivity contribution in [1.82, 2.24) is 20.9 Å². The van der Waals surface area contributed by atoms with Crippen LogP contribution in [0.2, 0.25) is 5.02 Å². The Balaban J connectivity index is 1.97. The van der Waals surface area contributed by atoms with Crippen LogP contribution in [0.3, 0.4) is 0 Å². The first kappa shape index (κ1) is 22.7. The first-order valence-electron chi connectivity index (χ1n) is 9.60. The third kappa shape index (κ3) is 5.69. The zero-order valence-corrected chi connectivity index (χ0v) is 17.6. The number of nitrogens with zero attached hydrogens (tertiary/aromatic N) is 1. The highest BCUT2D eigenvalue weighted by atomic mass is 35.5. The maximum absolute atomic E-state index is 12.6. The number of carbonyl (C=O) groups is 4. The van der Waals surface area contributed by atoms with E-state index in [0.29, 0.717) is 13.0 Å². The molecule has 1 aliphatic heterocycles. The third-order valence-corrected chi connectivity index (χ3v) is 5.22. The van der Waals surface area contributed by atoms with Gasteiger partial charge in [0.05, 0.1) is 17.1 Å². The number of amides is 4. The van der Waals surface area contributed by atoms with E-state index >= 15 is 0 Å². The Bertz CT molecular complexity index is 783. The van der Waals surface area contributed by atoms with E-state index in [0.717, 1.165) is 6.42 Å². The lowest BCUT2D eigenvalue weighted by atomic mass is 10.0. The van der Waals surface area contributed by atoms with Crippen LogP contribution in [0.15, 0.2) is 24.3 Å². The fourth-order valence-electron chi connectivity index (χ4n) is 3.28. The van der Waals surface area contributed by atoms with Gasteiger partial charge in [0.2, 0.25) is 17.7 Å². The lowest BCUT2D eigenvalue weighted by Gasteiger charge is -2.25. The van der Waals surface area contributed by atoms with Crippen LogP contribution in [0, 0.1) is 5.92 Å². The molecule has 1 aromatic rings. The van der Waals surface area contributed by atoms with Crippen LogP contribution in [0.5, 0.6) is 0 Å². The van der Waals surface area contributed by atoms with Gasteiger partial charge in [0.25, 0.3) is 5.91 Å². The Morgan fingerprint density at radius 1 is 1.21 bits per heavy atom. The molecule has 2 atom stereocenters. The number of nitrogens with one attached hydrogen (secondary N) is 3. The summed E-state index contributed by atoms with van der Waals surface area (Å²) in [5.74, 6) is -1.68. The number of carbonyl (C=O) groups excluding carboxylic acids is 4. The van der Waals surface area contributed by atoms with E-state index < -0.39 is 23.9 Å². The average molecular weight is 423 g/mol. The van der Waals surface area contributed by atoms with Crippen LogP contribution in [-0.4, -0.2) is 60.7 Å². The van der Waals surface area contributed by atoms with E-state index in [1.54, 1.807) is 38.1 Å². The van der Waals surface area contributed by atoms with Crippen molar-refractivity contribution in [2.45, 2.75) is 38.8 Å². The Morgan fingerprint density at radius 2 is 1.90 bits per heavy atom. The second-order valence-corrected chi connectivity index (χ2v) is 7.66. The van der Waals surface area contributed by atoms with Gasteiger partial charge in [0, 0.05) is 13.6 Å². The Hall–Kier alpha value is -2.61. The highest BCUT2D eigenvalue weighted by Crippen LogP contribution is 2.17. The highest BCUT2D eigenvalue weighted by molar-refractivity contribution is 6.33. The largest absolute Gasteiger partial charge is 0.357 e. The molecule has 1 aliphatic rings. The van der Waals surface area contributed by atoms with Gasteiger partial charge >= 0.3 is 0 Å². The standard InChI is InChI=1S/C20H27ClN4O4/c1-12(2)17(24-18(27)13-7-4-5-8-14(13)21)20(29)23-11-16(26)25-10-6-9-15(25)19(28)22-3/h4-5,7-8,12,15,17H,6,9-11H2,1-3H3,(H,22,28)(H,23,29)(H,24,27). The second-order valence-electron chi connectivity index (χ2n) is 7.25. The predicted molar refractivity (Wildman–Crippen MR) is 109 cm³/mol. The molecule has 0 saturated carbocycles.